The molecule has 0 N–H and O–H groups in total. The molecule has 50 heavy (non-hydrogen) atoms. The molecular weight excluding hydrogens is 625 g/mol. The van der Waals surface area contributed by atoms with Crippen LogP contribution in [-0.2, 0) is 0 Å². The van der Waals surface area contributed by atoms with Gasteiger partial charge in [-0.25, -0.2) is 0 Å². The van der Waals surface area contributed by atoms with Gasteiger partial charge in [-0.1, -0.05) is 133 Å². The highest BCUT2D eigenvalue weighted by Crippen LogP contribution is 2.48. The molecule has 12 aromatic rings. The Bertz CT molecular complexity index is 3360. The van der Waals surface area contributed by atoms with Gasteiger partial charge in [-0.05, 0) is 89.4 Å². The highest BCUT2D eigenvalue weighted by molar-refractivity contribution is 7.26. The zero-order valence-corrected chi connectivity index (χ0v) is 27.6. The second kappa shape index (κ2) is 9.69. The molecule has 0 bridgehead atoms. The van der Waals surface area contributed by atoms with Gasteiger partial charge in [0.25, 0.3) is 0 Å². The zero-order valence-electron chi connectivity index (χ0n) is 26.8. The van der Waals surface area contributed by atoms with Crippen LogP contribution in [-0.4, -0.2) is 0 Å². The first-order valence-corrected chi connectivity index (χ1v) is 18.0. The molecule has 0 saturated carbocycles. The fraction of sp³-hybridized carbons (Fsp3) is 0. The lowest BCUT2D eigenvalue weighted by Crippen LogP contribution is -1.89. The molecule has 0 radical (unpaired) electrons. The summed E-state index contributed by atoms with van der Waals surface area (Å²) in [5, 5.41) is 17.7. The SMILES string of the molecule is c1ccc2c(c1)ccc1c2oc2c(-c3ccc4c(c3)sc3ccc5ccccc5c34)ccc(-c3ccc4ccc5cccc6ccc3c4c56)c21. The van der Waals surface area contributed by atoms with Gasteiger partial charge in [0.2, 0.25) is 0 Å². The second-order valence-corrected chi connectivity index (χ2v) is 14.7. The van der Waals surface area contributed by atoms with E-state index in [4.69, 9.17) is 4.42 Å². The Hall–Kier alpha value is -6.22. The lowest BCUT2D eigenvalue weighted by molar-refractivity contribution is 0.674. The average molecular weight is 651 g/mol. The Morgan fingerprint density at radius 3 is 1.82 bits per heavy atom. The van der Waals surface area contributed by atoms with Crippen molar-refractivity contribution in [3.63, 3.8) is 0 Å². The summed E-state index contributed by atoms with van der Waals surface area (Å²) in [4.78, 5) is 0. The van der Waals surface area contributed by atoms with E-state index in [0.717, 1.165) is 27.5 Å². The van der Waals surface area contributed by atoms with Crippen molar-refractivity contribution in [3.05, 3.63) is 158 Å². The van der Waals surface area contributed by atoms with E-state index in [-0.39, 0.29) is 0 Å². The first kappa shape index (κ1) is 26.7. The smallest absolute Gasteiger partial charge is 0.143 e. The largest absolute Gasteiger partial charge is 0.455 e. The third-order valence-corrected chi connectivity index (χ3v) is 12.1. The number of hydrogen-bond acceptors (Lipinski definition) is 2. The van der Waals surface area contributed by atoms with Gasteiger partial charge in [0.1, 0.15) is 11.2 Å². The van der Waals surface area contributed by atoms with Crippen molar-refractivity contribution in [2.45, 2.75) is 0 Å². The van der Waals surface area contributed by atoms with E-state index in [1.807, 2.05) is 11.3 Å². The van der Waals surface area contributed by atoms with Gasteiger partial charge >= 0.3 is 0 Å². The first-order valence-electron chi connectivity index (χ1n) is 17.2. The van der Waals surface area contributed by atoms with E-state index in [2.05, 4.69) is 158 Å². The molecule has 10 aromatic carbocycles. The molecule has 0 aliphatic carbocycles. The van der Waals surface area contributed by atoms with Crippen LogP contribution in [0, 0.1) is 0 Å². The average Bonchev–Trinajstić information content (AvgIpc) is 3.76. The highest BCUT2D eigenvalue weighted by Gasteiger charge is 2.21. The molecule has 230 valence electrons. The second-order valence-electron chi connectivity index (χ2n) is 13.6. The Morgan fingerprint density at radius 1 is 0.320 bits per heavy atom. The van der Waals surface area contributed by atoms with Gasteiger partial charge in [0, 0.05) is 41.9 Å². The molecule has 0 atom stereocenters. The lowest BCUT2D eigenvalue weighted by Gasteiger charge is -2.15. The van der Waals surface area contributed by atoms with Crippen LogP contribution in [0.2, 0.25) is 0 Å². The van der Waals surface area contributed by atoms with E-state index in [1.54, 1.807) is 0 Å². The van der Waals surface area contributed by atoms with Crippen LogP contribution in [0.3, 0.4) is 0 Å². The summed E-state index contributed by atoms with van der Waals surface area (Å²) < 4.78 is 9.68. The predicted molar refractivity (Wildman–Crippen MR) is 216 cm³/mol. The van der Waals surface area contributed by atoms with Gasteiger partial charge in [-0.2, -0.15) is 0 Å². The van der Waals surface area contributed by atoms with Gasteiger partial charge in [0.15, 0.2) is 0 Å². The van der Waals surface area contributed by atoms with Crippen molar-refractivity contribution in [2.24, 2.45) is 0 Å². The predicted octanol–water partition coefficient (Wildman–Crippen LogP) is 14.5. The third kappa shape index (κ3) is 3.51. The first-order chi connectivity index (χ1) is 24.8. The molecular formula is C48H26OS. The molecule has 0 saturated heterocycles. The Morgan fingerprint density at radius 2 is 0.940 bits per heavy atom. The minimum absolute atomic E-state index is 0.936. The maximum absolute atomic E-state index is 7.07. The van der Waals surface area contributed by atoms with Crippen molar-refractivity contribution in [3.8, 4) is 22.3 Å². The Labute approximate surface area is 290 Å². The summed E-state index contributed by atoms with van der Waals surface area (Å²) in [6.07, 6.45) is 0. The summed E-state index contributed by atoms with van der Waals surface area (Å²) >= 11 is 1.87. The molecule has 2 heteroatoms. The van der Waals surface area contributed by atoms with Crippen LogP contribution >= 0.6 is 11.3 Å². The van der Waals surface area contributed by atoms with Crippen molar-refractivity contribution < 1.29 is 4.42 Å². The Kier molecular flexibility index (Phi) is 5.18. The van der Waals surface area contributed by atoms with Crippen LogP contribution in [0.1, 0.15) is 0 Å². The number of thiophene rings is 1. The number of fused-ring (bicyclic) bond motifs is 10. The summed E-state index contributed by atoms with van der Waals surface area (Å²) in [7, 11) is 0. The summed E-state index contributed by atoms with van der Waals surface area (Å²) in [6, 6.07) is 58.2. The van der Waals surface area contributed by atoms with Crippen molar-refractivity contribution in [1.82, 2.24) is 0 Å². The standard InChI is InChI=1S/C48H26OS/c1-3-10-33-27(6-1)18-25-41-45(33)39-21-17-32(26-42(39)50-41)35-23-24-38(46-40-22-14-28-7-2-4-11-34(28)47(40)49-48(35)46)36-19-15-31-13-12-29-8-5-9-30-16-20-37(36)44(31)43(29)30/h1-26H. The quantitative estimate of drug-likeness (QED) is 0.170. The maximum atomic E-state index is 7.07. The van der Waals surface area contributed by atoms with Crippen LogP contribution in [0.4, 0.5) is 0 Å². The minimum atomic E-state index is 0.936. The van der Waals surface area contributed by atoms with E-state index in [9.17, 15) is 0 Å². The summed E-state index contributed by atoms with van der Waals surface area (Å²) in [5.74, 6) is 0. The van der Waals surface area contributed by atoms with Gasteiger partial charge in [0.05, 0.1) is 0 Å². The maximum Gasteiger partial charge on any atom is 0.143 e. The molecule has 0 amide bonds. The van der Waals surface area contributed by atoms with Gasteiger partial charge in [-0.3, -0.25) is 0 Å². The van der Waals surface area contributed by atoms with Crippen molar-refractivity contribution in [1.29, 1.82) is 0 Å². The minimum Gasteiger partial charge on any atom is -0.455 e. The number of hydrogen-bond donors (Lipinski definition) is 0. The van der Waals surface area contributed by atoms with Crippen LogP contribution in [0.25, 0.3) is 118 Å². The van der Waals surface area contributed by atoms with Crippen molar-refractivity contribution in [2.75, 3.05) is 0 Å². The highest BCUT2D eigenvalue weighted by atomic mass is 32.1. The summed E-state index contributed by atoms with van der Waals surface area (Å²) in [6.45, 7) is 0. The molecule has 0 fully saturated rings. The molecule has 12 rings (SSSR count). The number of furan rings is 1. The van der Waals surface area contributed by atoms with Gasteiger partial charge in [-0.15, -0.1) is 11.3 Å². The topological polar surface area (TPSA) is 13.1 Å². The van der Waals surface area contributed by atoms with Crippen LogP contribution in [0.15, 0.2) is 162 Å². The van der Waals surface area contributed by atoms with Crippen LogP contribution < -0.4 is 0 Å². The Balaban J connectivity index is 1.17. The third-order valence-electron chi connectivity index (χ3n) is 11.0. The number of benzene rings is 10. The van der Waals surface area contributed by atoms with E-state index in [0.29, 0.717) is 0 Å². The van der Waals surface area contributed by atoms with E-state index < -0.39 is 0 Å². The van der Waals surface area contributed by atoms with Gasteiger partial charge < -0.3 is 4.42 Å². The molecule has 2 aromatic heterocycles. The lowest BCUT2D eigenvalue weighted by atomic mass is 9.87. The zero-order chi connectivity index (χ0) is 32.5. The fourth-order valence-electron chi connectivity index (χ4n) is 8.74. The molecule has 2 heterocycles. The van der Waals surface area contributed by atoms with E-state index >= 15 is 0 Å². The number of rotatable bonds is 2. The summed E-state index contributed by atoms with van der Waals surface area (Å²) in [5.41, 5.74) is 6.60. The molecule has 1 nitrogen and oxygen atoms in total. The molecule has 0 unspecified atom stereocenters. The molecule has 0 aliphatic rings. The fourth-order valence-corrected chi connectivity index (χ4v) is 9.90. The monoisotopic (exact) mass is 650 g/mol. The van der Waals surface area contributed by atoms with Crippen molar-refractivity contribution >= 4 is 107 Å². The molecule has 0 spiro atoms. The normalized spacial score (nSPS) is 12.4. The van der Waals surface area contributed by atoms with E-state index in [1.165, 1.54) is 90.7 Å². The molecule has 0 aliphatic heterocycles. The van der Waals surface area contributed by atoms with Crippen LogP contribution in [0.5, 0.6) is 0 Å².